The minimum atomic E-state index is -1.19. The molecule has 2 aromatic carbocycles. The molecule has 25 heavy (non-hydrogen) atoms. The van der Waals surface area contributed by atoms with Gasteiger partial charge >= 0.3 is 0 Å². The van der Waals surface area contributed by atoms with Gasteiger partial charge in [0, 0.05) is 11.3 Å². The summed E-state index contributed by atoms with van der Waals surface area (Å²) in [5.41, 5.74) is 7.31. The third-order valence-corrected chi connectivity index (χ3v) is 5.78. The van der Waals surface area contributed by atoms with Crippen molar-refractivity contribution in [1.82, 2.24) is 0 Å². The molecule has 2 aromatic rings. The van der Waals surface area contributed by atoms with Crippen molar-refractivity contribution >= 4 is 40.9 Å². The minimum Gasteiger partial charge on any atom is -0.368 e. The van der Waals surface area contributed by atoms with Crippen LogP contribution in [0.4, 0.5) is 11.4 Å². The lowest BCUT2D eigenvalue weighted by atomic mass is 10.0. The van der Waals surface area contributed by atoms with Crippen molar-refractivity contribution < 1.29 is 14.4 Å². The summed E-state index contributed by atoms with van der Waals surface area (Å²) in [5.74, 6) is -0.854. The predicted octanol–water partition coefficient (Wildman–Crippen LogP) is 1.45. The van der Waals surface area contributed by atoms with Crippen LogP contribution < -0.4 is 15.5 Å². The van der Waals surface area contributed by atoms with Crippen LogP contribution in [0.25, 0.3) is 0 Å². The van der Waals surface area contributed by atoms with Crippen molar-refractivity contribution in [3.63, 3.8) is 0 Å². The van der Waals surface area contributed by atoms with Gasteiger partial charge < -0.3 is 5.73 Å². The Morgan fingerprint density at radius 3 is 2.48 bits per heavy atom. The van der Waals surface area contributed by atoms with Gasteiger partial charge in [0.1, 0.15) is 6.54 Å². The number of thioether (sulfide) groups is 1. The molecule has 0 saturated carbocycles. The number of primary amides is 1. The summed E-state index contributed by atoms with van der Waals surface area (Å²) in [5, 5.41) is 0. The fourth-order valence-electron chi connectivity index (χ4n) is 3.45. The molecular formula is C18H15N3O3S. The Morgan fingerprint density at radius 2 is 1.76 bits per heavy atom. The molecule has 1 atom stereocenters. The second kappa shape index (κ2) is 5.63. The second-order valence-corrected chi connectivity index (χ2v) is 7.04. The highest BCUT2D eigenvalue weighted by Crippen LogP contribution is 2.55. The van der Waals surface area contributed by atoms with Gasteiger partial charge in [0.15, 0.2) is 0 Å². The van der Waals surface area contributed by atoms with Crippen molar-refractivity contribution in [1.29, 1.82) is 0 Å². The highest BCUT2D eigenvalue weighted by Gasteiger charge is 2.61. The van der Waals surface area contributed by atoms with Crippen LogP contribution in [0.5, 0.6) is 0 Å². The van der Waals surface area contributed by atoms with E-state index < -0.39 is 10.8 Å². The zero-order valence-corrected chi connectivity index (χ0v) is 14.0. The number of nitrogens with two attached hydrogens (primary N) is 1. The van der Waals surface area contributed by atoms with Crippen LogP contribution >= 0.6 is 11.8 Å². The summed E-state index contributed by atoms with van der Waals surface area (Å²) < 4.78 is 0. The highest BCUT2D eigenvalue weighted by molar-refractivity contribution is 8.02. The lowest BCUT2D eigenvalue weighted by molar-refractivity contribution is -0.125. The zero-order valence-electron chi connectivity index (χ0n) is 13.2. The van der Waals surface area contributed by atoms with E-state index in [1.54, 1.807) is 29.2 Å². The van der Waals surface area contributed by atoms with Crippen LogP contribution in [-0.2, 0) is 19.3 Å². The van der Waals surface area contributed by atoms with E-state index in [9.17, 15) is 14.4 Å². The van der Waals surface area contributed by atoms with Gasteiger partial charge in [-0.3, -0.25) is 24.2 Å². The first-order valence-corrected chi connectivity index (χ1v) is 8.76. The van der Waals surface area contributed by atoms with E-state index in [1.807, 2.05) is 30.3 Å². The Morgan fingerprint density at radius 1 is 1.08 bits per heavy atom. The molecule has 0 bridgehead atoms. The van der Waals surface area contributed by atoms with Crippen molar-refractivity contribution in [3.05, 3.63) is 60.2 Å². The normalized spacial score (nSPS) is 21.9. The van der Waals surface area contributed by atoms with Crippen LogP contribution in [0.15, 0.2) is 54.6 Å². The van der Waals surface area contributed by atoms with Gasteiger partial charge in [-0.2, -0.15) is 0 Å². The molecule has 2 aliphatic heterocycles. The molecule has 0 unspecified atom stereocenters. The first-order valence-electron chi connectivity index (χ1n) is 7.77. The van der Waals surface area contributed by atoms with E-state index in [0.29, 0.717) is 16.9 Å². The van der Waals surface area contributed by atoms with Crippen molar-refractivity contribution in [2.24, 2.45) is 5.73 Å². The fourth-order valence-corrected chi connectivity index (χ4v) is 4.80. The molecule has 1 saturated heterocycles. The van der Waals surface area contributed by atoms with Crippen LogP contribution in [0.2, 0.25) is 0 Å². The van der Waals surface area contributed by atoms with Crippen LogP contribution in [0.3, 0.4) is 0 Å². The average Bonchev–Trinajstić information content (AvgIpc) is 3.07. The number of nitrogens with zero attached hydrogens (tertiary/aromatic N) is 2. The topological polar surface area (TPSA) is 83.7 Å². The Balaban J connectivity index is 1.92. The molecule has 7 heteroatoms. The highest BCUT2D eigenvalue weighted by atomic mass is 32.2. The van der Waals surface area contributed by atoms with E-state index >= 15 is 0 Å². The first kappa shape index (κ1) is 15.7. The average molecular weight is 353 g/mol. The number of hydrogen-bond donors (Lipinski definition) is 1. The Labute approximate surface area is 148 Å². The van der Waals surface area contributed by atoms with Gasteiger partial charge in [-0.15, -0.1) is 11.8 Å². The van der Waals surface area contributed by atoms with Gasteiger partial charge in [0.25, 0.3) is 5.91 Å². The number of hydrogen-bond acceptors (Lipinski definition) is 4. The van der Waals surface area contributed by atoms with Crippen LogP contribution in [-0.4, -0.2) is 30.0 Å². The van der Waals surface area contributed by atoms with Gasteiger partial charge in [0.2, 0.25) is 16.7 Å². The molecule has 1 spiro atoms. The van der Waals surface area contributed by atoms with E-state index in [4.69, 9.17) is 5.73 Å². The molecule has 6 nitrogen and oxygen atoms in total. The second-order valence-electron chi connectivity index (χ2n) is 5.87. The maximum Gasteiger partial charge on any atom is 0.269 e. The summed E-state index contributed by atoms with van der Waals surface area (Å²) in [6.45, 7) is -0.213. The van der Waals surface area contributed by atoms with Crippen molar-refractivity contribution in [3.8, 4) is 0 Å². The lowest BCUT2D eigenvalue weighted by Crippen LogP contribution is -2.51. The molecule has 1 fully saturated rings. The maximum absolute atomic E-state index is 13.4. The molecule has 2 N–H and O–H groups in total. The fraction of sp³-hybridized carbons (Fsp3) is 0.167. The maximum atomic E-state index is 13.4. The van der Waals surface area contributed by atoms with E-state index in [1.165, 1.54) is 16.7 Å². The molecule has 4 rings (SSSR count). The van der Waals surface area contributed by atoms with Crippen LogP contribution in [0, 0.1) is 0 Å². The van der Waals surface area contributed by atoms with Crippen LogP contribution in [0.1, 0.15) is 5.56 Å². The number of amides is 3. The summed E-state index contributed by atoms with van der Waals surface area (Å²) in [4.78, 5) is 39.2. The van der Waals surface area contributed by atoms with E-state index in [0.717, 1.165) is 0 Å². The summed E-state index contributed by atoms with van der Waals surface area (Å²) >= 11 is 1.28. The standard InChI is InChI=1S/C18H15N3O3S/c19-15(22)10-20-14-9-5-4-8-13(14)18(17(20)24)21(16(23)11-25-18)12-6-2-1-3-7-12/h1-9H,10-11H2,(H2,19,22)/t18-/m0/s1. The third-order valence-electron chi connectivity index (χ3n) is 4.39. The lowest BCUT2D eigenvalue weighted by Gasteiger charge is -2.33. The molecule has 2 aliphatic rings. The molecule has 126 valence electrons. The number of para-hydroxylation sites is 2. The number of carbonyl (C=O) groups is 3. The smallest absolute Gasteiger partial charge is 0.269 e. The van der Waals surface area contributed by atoms with E-state index in [-0.39, 0.29) is 24.1 Å². The first-order chi connectivity index (χ1) is 12.1. The van der Waals surface area contributed by atoms with E-state index in [2.05, 4.69) is 0 Å². The van der Waals surface area contributed by atoms with Gasteiger partial charge in [-0.1, -0.05) is 36.4 Å². The Bertz CT molecular complexity index is 886. The quantitative estimate of drug-likeness (QED) is 0.905. The number of carbonyl (C=O) groups excluding carboxylic acids is 3. The number of anilines is 2. The van der Waals surface area contributed by atoms with Crippen molar-refractivity contribution in [2.75, 3.05) is 22.1 Å². The van der Waals surface area contributed by atoms with Gasteiger partial charge in [0.05, 0.1) is 11.4 Å². The number of benzene rings is 2. The largest absolute Gasteiger partial charge is 0.368 e. The SMILES string of the molecule is NC(=O)CN1C(=O)[C@@]2(SCC(=O)N2c2ccccc2)c2ccccc21. The third kappa shape index (κ3) is 2.16. The summed E-state index contributed by atoms with van der Waals surface area (Å²) in [7, 11) is 0. The predicted molar refractivity (Wildman–Crippen MR) is 96.1 cm³/mol. The molecular weight excluding hydrogens is 338 g/mol. The minimum absolute atomic E-state index is 0.139. The van der Waals surface area contributed by atoms with Gasteiger partial charge in [-0.05, 0) is 18.2 Å². The summed E-state index contributed by atoms with van der Waals surface area (Å²) in [6.07, 6.45) is 0. The Kier molecular flexibility index (Phi) is 3.54. The molecule has 3 amide bonds. The molecule has 0 radical (unpaired) electrons. The molecule has 2 heterocycles. The zero-order chi connectivity index (χ0) is 17.6. The van der Waals surface area contributed by atoms with Gasteiger partial charge in [-0.25, -0.2) is 0 Å². The summed E-state index contributed by atoms with van der Waals surface area (Å²) in [6, 6.07) is 16.3. The number of fused-ring (bicyclic) bond motifs is 2. The number of rotatable bonds is 3. The molecule has 0 aliphatic carbocycles. The molecule has 0 aromatic heterocycles. The van der Waals surface area contributed by atoms with Crippen molar-refractivity contribution in [2.45, 2.75) is 4.87 Å². The Hall–Kier alpha value is -2.80. The monoisotopic (exact) mass is 353 g/mol.